The molecule has 0 aliphatic carbocycles. The molecule has 1 aliphatic rings. The minimum Gasteiger partial charge on any atom is -0.478 e. The van der Waals surface area contributed by atoms with Gasteiger partial charge in [0.05, 0.1) is 22.2 Å². The third kappa shape index (κ3) is 6.18. The van der Waals surface area contributed by atoms with E-state index >= 15 is 0 Å². The number of likely N-dealkylation sites (tertiary alicyclic amines) is 1. The van der Waals surface area contributed by atoms with E-state index in [9.17, 15) is 18.0 Å². The molecule has 4 rings (SSSR count). The molecule has 1 amide bonds. The maximum atomic E-state index is 13.1. The van der Waals surface area contributed by atoms with E-state index < -0.39 is 11.7 Å². The first-order chi connectivity index (χ1) is 16.6. The summed E-state index contributed by atoms with van der Waals surface area (Å²) >= 11 is 18.3. The van der Waals surface area contributed by atoms with Gasteiger partial charge in [-0.3, -0.25) is 4.79 Å². The molecule has 1 saturated heterocycles. The number of benzene rings is 1. The Hall–Kier alpha value is -2.55. The van der Waals surface area contributed by atoms with Gasteiger partial charge in [-0.05, 0) is 48.2 Å². The fourth-order valence-electron chi connectivity index (χ4n) is 4.12. The van der Waals surface area contributed by atoms with Crippen LogP contribution in [-0.2, 0) is 6.18 Å². The Kier molecular flexibility index (Phi) is 7.73. The molecular weight excluding hydrogens is 526 g/mol. The van der Waals surface area contributed by atoms with Crippen LogP contribution >= 0.6 is 34.8 Å². The molecular formula is C24H19Cl3F3N3O2. The van der Waals surface area contributed by atoms with E-state index in [1.807, 2.05) is 6.07 Å². The molecule has 0 spiro atoms. The standard InChI is InChI=1S/C24H19Cl3F3N3O2/c25-19-3-1-14(9-20(19)26)18-13-33(23(34)15-5-7-31-21(27)10-15)12-16(18)6-8-35-22-4-2-17(11-32-22)24(28,29)30/h1-5,7,9-11,16,18H,6,8,12-13H2/t16-,18-/m1/s1. The Labute approximate surface area is 214 Å². The van der Waals surface area contributed by atoms with Crippen molar-refractivity contribution in [3.05, 3.63) is 86.7 Å². The van der Waals surface area contributed by atoms with Crippen LogP contribution in [-0.4, -0.2) is 40.5 Å². The molecule has 1 aromatic carbocycles. The number of hydrogen-bond acceptors (Lipinski definition) is 4. The average Bonchev–Trinajstić information content (AvgIpc) is 3.24. The molecule has 184 valence electrons. The summed E-state index contributed by atoms with van der Waals surface area (Å²) in [6, 6.07) is 10.6. The van der Waals surface area contributed by atoms with Crippen LogP contribution in [0.25, 0.3) is 0 Å². The third-order valence-corrected chi connectivity index (χ3v) is 6.82. The van der Waals surface area contributed by atoms with Crippen molar-refractivity contribution in [3.63, 3.8) is 0 Å². The number of pyridine rings is 2. The Morgan fingerprint density at radius 2 is 1.83 bits per heavy atom. The fourth-order valence-corrected chi connectivity index (χ4v) is 4.60. The molecule has 3 aromatic rings. The zero-order valence-corrected chi connectivity index (χ0v) is 20.4. The Morgan fingerprint density at radius 1 is 1.03 bits per heavy atom. The van der Waals surface area contributed by atoms with Gasteiger partial charge in [-0.25, -0.2) is 9.97 Å². The molecule has 0 radical (unpaired) electrons. The molecule has 2 aromatic heterocycles. The van der Waals surface area contributed by atoms with Crippen molar-refractivity contribution in [2.45, 2.75) is 18.5 Å². The normalized spacial score (nSPS) is 18.1. The smallest absolute Gasteiger partial charge is 0.417 e. The van der Waals surface area contributed by atoms with E-state index in [1.165, 1.54) is 18.3 Å². The summed E-state index contributed by atoms with van der Waals surface area (Å²) < 4.78 is 43.8. The number of nitrogens with zero attached hydrogens (tertiary/aromatic N) is 3. The lowest BCUT2D eigenvalue weighted by Crippen LogP contribution is -2.29. The average molecular weight is 545 g/mol. The minimum atomic E-state index is -4.46. The zero-order chi connectivity index (χ0) is 25.2. The maximum Gasteiger partial charge on any atom is 0.417 e. The zero-order valence-electron chi connectivity index (χ0n) is 18.1. The van der Waals surface area contributed by atoms with Crippen molar-refractivity contribution in [2.24, 2.45) is 5.92 Å². The number of halogens is 6. The molecule has 2 atom stereocenters. The van der Waals surface area contributed by atoms with Crippen LogP contribution in [0.4, 0.5) is 13.2 Å². The molecule has 0 bridgehead atoms. The summed E-state index contributed by atoms with van der Waals surface area (Å²) in [5.74, 6) is -0.119. The van der Waals surface area contributed by atoms with Gasteiger partial charge < -0.3 is 9.64 Å². The van der Waals surface area contributed by atoms with E-state index in [1.54, 1.807) is 23.1 Å². The summed E-state index contributed by atoms with van der Waals surface area (Å²) in [6.07, 6.45) is -1.71. The van der Waals surface area contributed by atoms with Crippen LogP contribution in [0.3, 0.4) is 0 Å². The van der Waals surface area contributed by atoms with Crippen LogP contribution < -0.4 is 4.74 Å². The quantitative estimate of drug-likeness (QED) is 0.321. The second-order valence-electron chi connectivity index (χ2n) is 8.14. The summed E-state index contributed by atoms with van der Waals surface area (Å²) in [6.45, 7) is 1.11. The molecule has 1 aliphatic heterocycles. The van der Waals surface area contributed by atoms with E-state index in [4.69, 9.17) is 39.5 Å². The second-order valence-corrected chi connectivity index (χ2v) is 9.34. The molecule has 0 saturated carbocycles. The van der Waals surface area contributed by atoms with Crippen LogP contribution in [0.1, 0.15) is 33.8 Å². The molecule has 11 heteroatoms. The number of carbonyl (C=O) groups is 1. The highest BCUT2D eigenvalue weighted by Crippen LogP contribution is 2.38. The van der Waals surface area contributed by atoms with Gasteiger partial charge in [0, 0.05) is 43.0 Å². The van der Waals surface area contributed by atoms with Gasteiger partial charge in [-0.2, -0.15) is 13.2 Å². The first-order valence-electron chi connectivity index (χ1n) is 10.6. The van der Waals surface area contributed by atoms with E-state index in [0.717, 1.165) is 17.8 Å². The van der Waals surface area contributed by atoms with Gasteiger partial charge in [0.25, 0.3) is 5.91 Å². The van der Waals surface area contributed by atoms with Gasteiger partial charge in [-0.15, -0.1) is 0 Å². The van der Waals surface area contributed by atoms with Crippen molar-refractivity contribution in [3.8, 4) is 5.88 Å². The number of carbonyl (C=O) groups excluding carboxylic acids is 1. The van der Waals surface area contributed by atoms with Crippen molar-refractivity contribution in [1.29, 1.82) is 0 Å². The van der Waals surface area contributed by atoms with Crippen molar-refractivity contribution in [2.75, 3.05) is 19.7 Å². The molecule has 3 heterocycles. The van der Waals surface area contributed by atoms with Crippen LogP contribution in [0, 0.1) is 5.92 Å². The largest absolute Gasteiger partial charge is 0.478 e. The SMILES string of the molecule is O=C(c1ccnc(Cl)c1)N1C[C@@H](CCOc2ccc(C(F)(F)F)cn2)[C@@H](c2ccc(Cl)c(Cl)c2)C1. The van der Waals surface area contributed by atoms with E-state index in [-0.39, 0.29) is 35.4 Å². The van der Waals surface area contributed by atoms with Crippen LogP contribution in [0.15, 0.2) is 54.9 Å². The van der Waals surface area contributed by atoms with Gasteiger partial charge in [0.1, 0.15) is 5.15 Å². The first kappa shape index (κ1) is 25.5. The topological polar surface area (TPSA) is 55.3 Å². The van der Waals surface area contributed by atoms with E-state index in [0.29, 0.717) is 35.1 Å². The van der Waals surface area contributed by atoms with Crippen LogP contribution in [0.5, 0.6) is 5.88 Å². The lowest BCUT2D eigenvalue weighted by Gasteiger charge is -2.19. The molecule has 35 heavy (non-hydrogen) atoms. The fraction of sp³-hybridized carbons (Fsp3) is 0.292. The Bertz CT molecular complexity index is 1210. The number of aromatic nitrogens is 2. The lowest BCUT2D eigenvalue weighted by molar-refractivity contribution is -0.137. The Morgan fingerprint density at radius 3 is 2.49 bits per heavy atom. The van der Waals surface area contributed by atoms with Crippen molar-refractivity contribution < 1.29 is 22.7 Å². The monoisotopic (exact) mass is 543 g/mol. The predicted octanol–water partition coefficient (Wildman–Crippen LogP) is 6.78. The minimum absolute atomic E-state index is 0.00273. The van der Waals surface area contributed by atoms with Gasteiger partial charge in [0.2, 0.25) is 5.88 Å². The predicted molar refractivity (Wildman–Crippen MR) is 127 cm³/mol. The third-order valence-electron chi connectivity index (χ3n) is 5.88. The lowest BCUT2D eigenvalue weighted by atomic mass is 9.87. The number of amides is 1. The number of ether oxygens (including phenoxy) is 1. The van der Waals surface area contributed by atoms with E-state index in [2.05, 4.69) is 9.97 Å². The highest BCUT2D eigenvalue weighted by Gasteiger charge is 2.37. The highest BCUT2D eigenvalue weighted by atomic mass is 35.5. The molecule has 0 N–H and O–H groups in total. The van der Waals surface area contributed by atoms with Crippen molar-refractivity contribution in [1.82, 2.24) is 14.9 Å². The number of hydrogen-bond donors (Lipinski definition) is 0. The molecule has 0 unspecified atom stereocenters. The Balaban J connectivity index is 1.48. The summed E-state index contributed by atoms with van der Waals surface area (Å²) in [4.78, 5) is 22.5. The first-order valence-corrected chi connectivity index (χ1v) is 11.8. The maximum absolute atomic E-state index is 13.1. The summed E-state index contributed by atoms with van der Waals surface area (Å²) in [5, 5.41) is 1.07. The second kappa shape index (κ2) is 10.6. The van der Waals surface area contributed by atoms with Crippen LogP contribution in [0.2, 0.25) is 15.2 Å². The summed E-state index contributed by atoms with van der Waals surface area (Å²) in [5.41, 5.74) is 0.523. The number of rotatable bonds is 6. The highest BCUT2D eigenvalue weighted by molar-refractivity contribution is 6.42. The molecule has 1 fully saturated rings. The summed E-state index contributed by atoms with van der Waals surface area (Å²) in [7, 11) is 0. The van der Waals surface area contributed by atoms with Gasteiger partial charge in [-0.1, -0.05) is 40.9 Å². The molecule has 5 nitrogen and oxygen atoms in total. The van der Waals surface area contributed by atoms with Gasteiger partial charge >= 0.3 is 6.18 Å². The van der Waals surface area contributed by atoms with Gasteiger partial charge in [0.15, 0.2) is 0 Å². The number of alkyl halides is 3. The van der Waals surface area contributed by atoms with Crippen molar-refractivity contribution >= 4 is 40.7 Å².